The number of carbonyl (C=O) groups is 1. The predicted octanol–water partition coefficient (Wildman–Crippen LogP) is 1.36. The minimum atomic E-state index is -0.480. The van der Waals surface area contributed by atoms with E-state index in [-0.39, 0.29) is 5.97 Å². The minimum Gasteiger partial charge on any atom is -0.465 e. The van der Waals surface area contributed by atoms with Crippen LogP contribution in [0.1, 0.15) is 31.1 Å². The van der Waals surface area contributed by atoms with Crippen molar-refractivity contribution < 1.29 is 9.53 Å². The normalized spacial score (nSPS) is 12.2. The maximum atomic E-state index is 12.0. The Bertz CT molecular complexity index is 412. The summed E-state index contributed by atoms with van der Waals surface area (Å²) in [4.78, 5) is 12.0. The molecule has 0 spiro atoms. The number of hydrogen-bond donors (Lipinski definition) is 1. The molecule has 0 amide bonds. The van der Waals surface area contributed by atoms with Crippen molar-refractivity contribution >= 4 is 5.97 Å². The smallest absolute Gasteiger partial charge is 0.327 e. The Hall–Kier alpha value is -1.62. The molecule has 0 saturated heterocycles. The van der Waals surface area contributed by atoms with Crippen molar-refractivity contribution in [2.75, 3.05) is 13.2 Å². The molecule has 0 aliphatic heterocycles. The molecule has 1 aromatic heterocycles. The van der Waals surface area contributed by atoms with E-state index >= 15 is 0 Å². The van der Waals surface area contributed by atoms with Gasteiger partial charge < -0.3 is 4.74 Å². The maximum absolute atomic E-state index is 12.0. The highest BCUT2D eigenvalue weighted by atomic mass is 16.5. The third-order valence-corrected chi connectivity index (χ3v) is 2.57. The predicted molar refractivity (Wildman–Crippen MR) is 70.2 cm³/mol. The fraction of sp³-hybridized carbons (Fsp3) is 0.538. The summed E-state index contributed by atoms with van der Waals surface area (Å²) in [6.45, 7) is 8.37. The van der Waals surface area contributed by atoms with Gasteiger partial charge in [0.05, 0.1) is 12.3 Å². The van der Waals surface area contributed by atoms with Crippen LogP contribution in [0, 0.1) is 0 Å². The van der Waals surface area contributed by atoms with Gasteiger partial charge in [0.15, 0.2) is 0 Å². The van der Waals surface area contributed by atoms with Crippen LogP contribution < -0.4 is 5.32 Å². The molecule has 1 atom stereocenters. The van der Waals surface area contributed by atoms with Crippen molar-refractivity contribution in [2.45, 2.75) is 26.3 Å². The van der Waals surface area contributed by atoms with Gasteiger partial charge >= 0.3 is 5.97 Å². The number of nitrogens with zero attached hydrogens (tertiary/aromatic N) is 2. The lowest BCUT2D eigenvalue weighted by Crippen LogP contribution is -2.30. The van der Waals surface area contributed by atoms with Crippen molar-refractivity contribution in [1.82, 2.24) is 15.1 Å². The molecule has 1 rings (SSSR count). The van der Waals surface area contributed by atoms with Gasteiger partial charge in [0.1, 0.15) is 6.04 Å². The Morgan fingerprint density at radius 2 is 2.39 bits per heavy atom. The Morgan fingerprint density at radius 3 is 2.94 bits per heavy atom. The number of carbonyl (C=O) groups excluding carboxylic acids is 1. The first kappa shape index (κ1) is 14.4. The molecule has 0 fully saturated rings. The Labute approximate surface area is 108 Å². The number of hydrogen-bond acceptors (Lipinski definition) is 4. The first-order valence-corrected chi connectivity index (χ1v) is 6.17. The lowest BCUT2D eigenvalue weighted by Gasteiger charge is -2.16. The van der Waals surface area contributed by atoms with Gasteiger partial charge in [-0.05, 0) is 13.3 Å². The van der Waals surface area contributed by atoms with E-state index in [1.54, 1.807) is 17.7 Å². The molecule has 0 aliphatic carbocycles. The van der Waals surface area contributed by atoms with Gasteiger partial charge in [-0.2, -0.15) is 5.10 Å². The van der Waals surface area contributed by atoms with Crippen molar-refractivity contribution in [2.24, 2.45) is 7.05 Å². The summed E-state index contributed by atoms with van der Waals surface area (Å²) >= 11 is 0. The highest BCUT2D eigenvalue weighted by molar-refractivity contribution is 5.78. The van der Waals surface area contributed by atoms with E-state index in [1.807, 2.05) is 20.2 Å². The van der Waals surface area contributed by atoms with Crippen LogP contribution in [0.2, 0.25) is 0 Å². The molecule has 18 heavy (non-hydrogen) atoms. The van der Waals surface area contributed by atoms with Crippen molar-refractivity contribution in [3.63, 3.8) is 0 Å². The fourth-order valence-electron chi connectivity index (χ4n) is 1.82. The van der Waals surface area contributed by atoms with Gasteiger partial charge in [0.25, 0.3) is 0 Å². The van der Waals surface area contributed by atoms with E-state index in [0.29, 0.717) is 13.2 Å². The largest absolute Gasteiger partial charge is 0.465 e. The molecule has 1 aromatic rings. The Balaban J connectivity index is 2.99. The SMILES string of the molecule is C=CCNC(C(=O)OCC)c1cn(C)nc1CC. The summed E-state index contributed by atoms with van der Waals surface area (Å²) in [6.07, 6.45) is 4.35. The number of rotatable bonds is 7. The van der Waals surface area contributed by atoms with Crippen LogP contribution in [0.5, 0.6) is 0 Å². The maximum Gasteiger partial charge on any atom is 0.327 e. The zero-order valence-corrected chi connectivity index (χ0v) is 11.3. The molecule has 5 heteroatoms. The number of aryl methyl sites for hydroxylation is 2. The van der Waals surface area contributed by atoms with E-state index in [9.17, 15) is 4.79 Å². The van der Waals surface area contributed by atoms with Crippen LogP contribution in [0.4, 0.5) is 0 Å². The van der Waals surface area contributed by atoms with Gasteiger partial charge in [-0.1, -0.05) is 13.0 Å². The molecule has 100 valence electrons. The summed E-state index contributed by atoms with van der Waals surface area (Å²) < 4.78 is 6.81. The van der Waals surface area contributed by atoms with E-state index in [0.717, 1.165) is 17.7 Å². The second-order valence-corrected chi connectivity index (χ2v) is 3.94. The van der Waals surface area contributed by atoms with Crippen LogP contribution >= 0.6 is 0 Å². The zero-order chi connectivity index (χ0) is 13.5. The first-order chi connectivity index (χ1) is 8.63. The molecule has 1 N–H and O–H groups in total. The van der Waals surface area contributed by atoms with E-state index < -0.39 is 6.04 Å². The first-order valence-electron chi connectivity index (χ1n) is 6.17. The summed E-state index contributed by atoms with van der Waals surface area (Å²) in [7, 11) is 1.85. The van der Waals surface area contributed by atoms with Crippen molar-refractivity contribution in [3.8, 4) is 0 Å². The van der Waals surface area contributed by atoms with Crippen molar-refractivity contribution in [3.05, 3.63) is 30.1 Å². The number of esters is 1. The summed E-state index contributed by atoms with van der Waals surface area (Å²) in [6, 6.07) is -0.480. The number of aromatic nitrogens is 2. The van der Waals surface area contributed by atoms with Crippen LogP contribution in [0.15, 0.2) is 18.9 Å². The lowest BCUT2D eigenvalue weighted by atomic mass is 10.1. The average molecular weight is 251 g/mol. The van der Waals surface area contributed by atoms with E-state index in [2.05, 4.69) is 17.0 Å². The lowest BCUT2D eigenvalue weighted by molar-refractivity contribution is -0.145. The summed E-state index contributed by atoms with van der Waals surface area (Å²) in [5.74, 6) is -0.276. The topological polar surface area (TPSA) is 56.1 Å². The minimum absolute atomic E-state index is 0.276. The molecular weight excluding hydrogens is 230 g/mol. The van der Waals surface area contributed by atoms with Crippen molar-refractivity contribution in [1.29, 1.82) is 0 Å². The molecule has 0 aliphatic rings. The summed E-state index contributed by atoms with van der Waals surface area (Å²) in [5.41, 5.74) is 1.78. The fourth-order valence-corrected chi connectivity index (χ4v) is 1.82. The molecule has 0 saturated carbocycles. The third-order valence-electron chi connectivity index (χ3n) is 2.57. The van der Waals surface area contributed by atoms with Gasteiger partial charge in [0, 0.05) is 25.4 Å². The van der Waals surface area contributed by atoms with Crippen LogP contribution in [0.3, 0.4) is 0 Å². The second kappa shape index (κ2) is 6.96. The molecule has 0 bridgehead atoms. The quantitative estimate of drug-likeness (QED) is 0.587. The molecule has 0 aromatic carbocycles. The number of ether oxygens (including phenoxy) is 1. The molecule has 1 unspecified atom stereocenters. The van der Waals surface area contributed by atoms with Crippen LogP contribution in [0.25, 0.3) is 0 Å². The average Bonchev–Trinajstić information content (AvgIpc) is 2.71. The summed E-state index contributed by atoms with van der Waals surface area (Å²) in [5, 5.41) is 7.46. The number of nitrogens with one attached hydrogen (secondary N) is 1. The zero-order valence-electron chi connectivity index (χ0n) is 11.3. The highest BCUT2D eigenvalue weighted by Crippen LogP contribution is 2.19. The van der Waals surface area contributed by atoms with Crippen LogP contribution in [-0.4, -0.2) is 28.9 Å². The Morgan fingerprint density at radius 1 is 1.67 bits per heavy atom. The van der Waals surface area contributed by atoms with E-state index in [1.165, 1.54) is 0 Å². The highest BCUT2D eigenvalue weighted by Gasteiger charge is 2.25. The molecule has 0 radical (unpaired) electrons. The van der Waals surface area contributed by atoms with Gasteiger partial charge in [-0.25, -0.2) is 4.79 Å². The monoisotopic (exact) mass is 251 g/mol. The molecule has 1 heterocycles. The molecule has 5 nitrogen and oxygen atoms in total. The molecular formula is C13H21N3O2. The standard InChI is InChI=1S/C13H21N3O2/c1-5-8-14-12(13(17)18-7-3)10-9-16(4)15-11(10)6-2/h5,9,12,14H,1,6-8H2,2-4H3. The van der Waals surface area contributed by atoms with E-state index in [4.69, 9.17) is 4.74 Å². The second-order valence-electron chi connectivity index (χ2n) is 3.94. The van der Waals surface area contributed by atoms with Crippen LogP contribution in [-0.2, 0) is 23.0 Å². The van der Waals surface area contributed by atoms with Gasteiger partial charge in [0.2, 0.25) is 0 Å². The Kier molecular flexibility index (Phi) is 5.58. The third kappa shape index (κ3) is 3.43. The van der Waals surface area contributed by atoms with Gasteiger partial charge in [-0.15, -0.1) is 6.58 Å². The van der Waals surface area contributed by atoms with Gasteiger partial charge in [-0.3, -0.25) is 10.00 Å².